The van der Waals surface area contributed by atoms with Crippen molar-refractivity contribution < 1.29 is 9.13 Å². The molecule has 5 rings (SSSR count). The molecule has 0 spiro atoms. The van der Waals surface area contributed by atoms with Crippen molar-refractivity contribution in [1.82, 2.24) is 9.55 Å². The summed E-state index contributed by atoms with van der Waals surface area (Å²) in [5.74, 6) is 1.49. The second kappa shape index (κ2) is 7.24. The van der Waals surface area contributed by atoms with Crippen molar-refractivity contribution in [3.63, 3.8) is 0 Å². The van der Waals surface area contributed by atoms with Crippen LogP contribution < -0.4 is 10.1 Å². The quantitative estimate of drug-likeness (QED) is 0.487. The Morgan fingerprint density at radius 1 is 1.00 bits per heavy atom. The Morgan fingerprint density at radius 3 is 2.48 bits per heavy atom. The summed E-state index contributed by atoms with van der Waals surface area (Å²) < 4.78 is 21.3. The zero-order valence-corrected chi connectivity index (χ0v) is 16.2. The molecule has 0 saturated heterocycles. The van der Waals surface area contributed by atoms with E-state index in [0.717, 1.165) is 34.7 Å². The van der Waals surface area contributed by atoms with Crippen LogP contribution in [0.1, 0.15) is 36.6 Å². The van der Waals surface area contributed by atoms with Gasteiger partial charge in [-0.25, -0.2) is 9.37 Å². The number of halogens is 1. The number of nitrogens with zero attached hydrogens (tertiary/aromatic N) is 2. The van der Waals surface area contributed by atoms with E-state index in [2.05, 4.69) is 28.1 Å². The monoisotopic (exact) mass is 387 g/mol. The standard InChI is InChI=1S/C24H22FN3O/c1-2-29-19-13-9-17(10-14-19)23-15-21(16-7-11-18(25)12-8-16)27-24-26-20-5-3-4-6-22(20)28(23)24/h3-14,21,23H,2,15H2,1H3,(H,26,27). The summed E-state index contributed by atoms with van der Waals surface area (Å²) in [5, 5.41) is 3.56. The first-order chi connectivity index (χ1) is 14.2. The van der Waals surface area contributed by atoms with Crippen molar-refractivity contribution in [1.29, 1.82) is 0 Å². The van der Waals surface area contributed by atoms with E-state index in [1.807, 2.05) is 49.4 Å². The van der Waals surface area contributed by atoms with Crippen molar-refractivity contribution in [3.8, 4) is 5.75 Å². The molecule has 1 aliphatic rings. The van der Waals surface area contributed by atoms with Crippen LogP contribution in [0.25, 0.3) is 11.0 Å². The molecule has 4 nitrogen and oxygen atoms in total. The Balaban J connectivity index is 1.60. The highest BCUT2D eigenvalue weighted by atomic mass is 19.1. The normalized spacial score (nSPS) is 18.3. The minimum atomic E-state index is -0.222. The molecule has 3 aromatic carbocycles. The van der Waals surface area contributed by atoms with Crippen LogP contribution in [-0.4, -0.2) is 16.2 Å². The van der Waals surface area contributed by atoms with Crippen molar-refractivity contribution in [2.75, 3.05) is 11.9 Å². The van der Waals surface area contributed by atoms with Crippen molar-refractivity contribution in [2.45, 2.75) is 25.4 Å². The summed E-state index contributed by atoms with van der Waals surface area (Å²) in [7, 11) is 0. The van der Waals surface area contributed by atoms with Gasteiger partial charge in [-0.1, -0.05) is 36.4 Å². The highest BCUT2D eigenvalue weighted by Gasteiger charge is 2.31. The van der Waals surface area contributed by atoms with Gasteiger partial charge in [0.2, 0.25) is 5.95 Å². The van der Waals surface area contributed by atoms with Crippen molar-refractivity contribution >= 4 is 17.0 Å². The van der Waals surface area contributed by atoms with E-state index in [1.165, 1.54) is 17.7 Å². The van der Waals surface area contributed by atoms with Gasteiger partial charge in [-0.2, -0.15) is 0 Å². The van der Waals surface area contributed by atoms with Crippen LogP contribution in [0.15, 0.2) is 72.8 Å². The zero-order chi connectivity index (χ0) is 19.8. The van der Waals surface area contributed by atoms with Crippen LogP contribution in [0.4, 0.5) is 10.3 Å². The van der Waals surface area contributed by atoms with E-state index in [1.54, 1.807) is 0 Å². The number of anilines is 1. The smallest absolute Gasteiger partial charge is 0.204 e. The van der Waals surface area contributed by atoms with E-state index in [4.69, 9.17) is 9.72 Å². The fourth-order valence-electron chi connectivity index (χ4n) is 4.16. The lowest BCUT2D eigenvalue weighted by Gasteiger charge is -2.33. The third-order valence-electron chi connectivity index (χ3n) is 5.52. The lowest BCUT2D eigenvalue weighted by Crippen LogP contribution is -2.27. The van der Waals surface area contributed by atoms with Gasteiger partial charge in [0.25, 0.3) is 0 Å². The van der Waals surface area contributed by atoms with Gasteiger partial charge < -0.3 is 14.6 Å². The van der Waals surface area contributed by atoms with E-state index in [-0.39, 0.29) is 17.9 Å². The Kier molecular flexibility index (Phi) is 4.43. The number of rotatable bonds is 4. The average Bonchev–Trinajstić information content (AvgIpc) is 3.13. The van der Waals surface area contributed by atoms with Crippen LogP contribution >= 0.6 is 0 Å². The lowest BCUT2D eigenvalue weighted by atomic mass is 9.93. The van der Waals surface area contributed by atoms with Gasteiger partial charge in [0.05, 0.1) is 29.7 Å². The molecule has 146 valence electrons. The van der Waals surface area contributed by atoms with Gasteiger partial charge >= 0.3 is 0 Å². The fraction of sp³-hybridized carbons (Fsp3) is 0.208. The van der Waals surface area contributed by atoms with Crippen LogP contribution in [0.3, 0.4) is 0 Å². The molecule has 0 amide bonds. The van der Waals surface area contributed by atoms with E-state index in [0.29, 0.717) is 6.61 Å². The number of fused-ring (bicyclic) bond motifs is 3. The molecule has 0 aliphatic carbocycles. The molecule has 2 atom stereocenters. The first-order valence-corrected chi connectivity index (χ1v) is 9.94. The number of ether oxygens (including phenoxy) is 1. The summed E-state index contributed by atoms with van der Waals surface area (Å²) in [5.41, 5.74) is 4.32. The molecule has 0 radical (unpaired) electrons. The molecule has 2 heterocycles. The topological polar surface area (TPSA) is 39.1 Å². The minimum absolute atomic E-state index is 0.0523. The van der Waals surface area contributed by atoms with Gasteiger partial charge in [0.15, 0.2) is 0 Å². The molecule has 1 aliphatic heterocycles. The van der Waals surface area contributed by atoms with Crippen molar-refractivity contribution in [2.24, 2.45) is 0 Å². The largest absolute Gasteiger partial charge is 0.494 e. The van der Waals surface area contributed by atoms with Gasteiger partial charge in [-0.15, -0.1) is 0 Å². The fourth-order valence-corrected chi connectivity index (χ4v) is 4.16. The molecule has 0 fully saturated rings. The van der Waals surface area contributed by atoms with Crippen LogP contribution in [0.5, 0.6) is 5.75 Å². The minimum Gasteiger partial charge on any atom is -0.494 e. The molecule has 5 heteroatoms. The summed E-state index contributed by atoms with van der Waals surface area (Å²) >= 11 is 0. The van der Waals surface area contributed by atoms with Crippen LogP contribution in [-0.2, 0) is 0 Å². The van der Waals surface area contributed by atoms with Crippen molar-refractivity contribution in [3.05, 3.63) is 89.7 Å². The van der Waals surface area contributed by atoms with Gasteiger partial charge in [0.1, 0.15) is 11.6 Å². The van der Waals surface area contributed by atoms with Crippen LogP contribution in [0.2, 0.25) is 0 Å². The SMILES string of the molecule is CCOc1ccc(C2CC(c3ccc(F)cc3)Nc3nc4ccccc4n32)cc1. The number of imidazole rings is 1. The van der Waals surface area contributed by atoms with E-state index in [9.17, 15) is 4.39 Å². The predicted octanol–water partition coefficient (Wildman–Crippen LogP) is 5.72. The Hall–Kier alpha value is -3.34. The molecule has 1 N–H and O–H groups in total. The molecule has 1 aromatic heterocycles. The highest BCUT2D eigenvalue weighted by molar-refractivity contribution is 5.79. The van der Waals surface area contributed by atoms with Crippen LogP contribution in [0, 0.1) is 5.82 Å². The third kappa shape index (κ3) is 3.23. The molecule has 0 bridgehead atoms. The number of aromatic nitrogens is 2. The maximum absolute atomic E-state index is 13.4. The number of benzene rings is 3. The average molecular weight is 387 g/mol. The first-order valence-electron chi connectivity index (χ1n) is 9.94. The Morgan fingerprint density at radius 2 is 1.72 bits per heavy atom. The third-order valence-corrected chi connectivity index (χ3v) is 5.52. The molecule has 2 unspecified atom stereocenters. The van der Waals surface area contributed by atoms with E-state index < -0.39 is 0 Å². The predicted molar refractivity (Wildman–Crippen MR) is 113 cm³/mol. The highest BCUT2D eigenvalue weighted by Crippen LogP contribution is 2.41. The number of para-hydroxylation sites is 2. The van der Waals surface area contributed by atoms with Gasteiger partial charge in [-0.05, 0) is 60.9 Å². The summed E-state index contributed by atoms with van der Waals surface area (Å²) in [6.45, 7) is 2.63. The second-order valence-corrected chi connectivity index (χ2v) is 7.30. The molecular weight excluding hydrogens is 365 g/mol. The summed E-state index contributed by atoms with van der Waals surface area (Å²) in [6.07, 6.45) is 0.840. The number of hydrogen-bond acceptors (Lipinski definition) is 3. The van der Waals surface area contributed by atoms with Gasteiger partial charge in [-0.3, -0.25) is 0 Å². The van der Waals surface area contributed by atoms with Gasteiger partial charge in [0, 0.05) is 0 Å². The van der Waals surface area contributed by atoms with E-state index >= 15 is 0 Å². The maximum atomic E-state index is 13.4. The zero-order valence-electron chi connectivity index (χ0n) is 16.2. The number of nitrogens with one attached hydrogen (secondary N) is 1. The Bertz CT molecular complexity index is 1140. The molecular formula is C24H22FN3O. The Labute approximate surface area is 169 Å². The molecule has 4 aromatic rings. The molecule has 0 saturated carbocycles. The lowest BCUT2D eigenvalue weighted by molar-refractivity contribution is 0.340. The second-order valence-electron chi connectivity index (χ2n) is 7.30. The molecule has 29 heavy (non-hydrogen) atoms. The first kappa shape index (κ1) is 17.7. The number of hydrogen-bond donors (Lipinski definition) is 1. The summed E-state index contributed by atoms with van der Waals surface area (Å²) in [6, 6.07) is 23.4. The summed E-state index contributed by atoms with van der Waals surface area (Å²) in [4.78, 5) is 4.82. The maximum Gasteiger partial charge on any atom is 0.204 e.